The summed E-state index contributed by atoms with van der Waals surface area (Å²) in [6, 6.07) is 11.6. The summed E-state index contributed by atoms with van der Waals surface area (Å²) in [5.41, 5.74) is 0.198. The fourth-order valence-electron chi connectivity index (χ4n) is 3.86. The van der Waals surface area contributed by atoms with E-state index in [1.165, 1.54) is 40.5 Å². The van der Waals surface area contributed by atoms with E-state index in [0.717, 1.165) is 4.88 Å². The number of hydrogen-bond donors (Lipinski definition) is 1. The van der Waals surface area contributed by atoms with Gasteiger partial charge in [-0.2, -0.15) is 0 Å². The molecular formula is C23H15BrFNO5S. The first kappa shape index (κ1) is 20.7. The quantitative estimate of drug-likeness (QED) is 0.300. The van der Waals surface area contributed by atoms with E-state index in [1.54, 1.807) is 12.1 Å². The highest BCUT2D eigenvalue weighted by Crippen LogP contribution is 2.43. The molecule has 0 spiro atoms. The number of carbonyl (C=O) groups is 2. The molecule has 2 aliphatic heterocycles. The van der Waals surface area contributed by atoms with Gasteiger partial charge in [-0.3, -0.25) is 9.59 Å². The number of benzene rings is 2. The molecule has 1 aromatic heterocycles. The number of hydrogen-bond acceptors (Lipinski definition) is 6. The van der Waals surface area contributed by atoms with Crippen LogP contribution in [-0.2, 0) is 16.1 Å². The Morgan fingerprint density at radius 3 is 2.75 bits per heavy atom. The fourth-order valence-corrected chi connectivity index (χ4v) is 4.94. The summed E-state index contributed by atoms with van der Waals surface area (Å²) in [6.45, 7) is 0.158. The smallest absolute Gasteiger partial charge is 0.295 e. The number of ketones is 1. The summed E-state index contributed by atoms with van der Waals surface area (Å²) in [6.07, 6.45) is 0. The Morgan fingerprint density at radius 1 is 1.16 bits per heavy atom. The Labute approximate surface area is 194 Å². The number of aliphatic hydroxyl groups excluding tert-OH is 1. The number of Topliss-reactive ketones (excluding diaryl/α,β-unsaturated/α-hetero) is 1. The van der Waals surface area contributed by atoms with Crippen LogP contribution in [0.25, 0.3) is 5.76 Å². The molecule has 1 fully saturated rings. The van der Waals surface area contributed by atoms with Gasteiger partial charge in [0.25, 0.3) is 11.7 Å². The van der Waals surface area contributed by atoms with Crippen molar-refractivity contribution < 1.29 is 28.6 Å². The summed E-state index contributed by atoms with van der Waals surface area (Å²) in [7, 11) is 0. The topological polar surface area (TPSA) is 76.1 Å². The number of carbonyl (C=O) groups excluding carboxylic acids is 2. The molecular weight excluding hydrogens is 501 g/mol. The summed E-state index contributed by atoms with van der Waals surface area (Å²) in [4.78, 5) is 28.2. The van der Waals surface area contributed by atoms with Crippen LogP contribution in [0, 0.1) is 5.82 Å². The monoisotopic (exact) mass is 515 g/mol. The van der Waals surface area contributed by atoms with Crippen LogP contribution in [0.3, 0.4) is 0 Å². The minimum absolute atomic E-state index is 0.0496. The zero-order valence-corrected chi connectivity index (χ0v) is 18.8. The van der Waals surface area contributed by atoms with Gasteiger partial charge in [0.15, 0.2) is 11.5 Å². The van der Waals surface area contributed by atoms with Gasteiger partial charge < -0.3 is 19.5 Å². The van der Waals surface area contributed by atoms with Gasteiger partial charge >= 0.3 is 0 Å². The summed E-state index contributed by atoms with van der Waals surface area (Å²) in [5.74, 6) is -1.75. The van der Waals surface area contributed by atoms with Crippen LogP contribution in [0.5, 0.6) is 11.5 Å². The molecule has 0 saturated carbocycles. The predicted molar refractivity (Wildman–Crippen MR) is 119 cm³/mol. The lowest BCUT2D eigenvalue weighted by Crippen LogP contribution is -2.29. The second-order valence-corrected chi connectivity index (χ2v) is 9.19. The molecule has 0 radical (unpaired) electrons. The first-order chi connectivity index (χ1) is 15.4. The van der Waals surface area contributed by atoms with E-state index in [-0.39, 0.29) is 30.0 Å². The fraction of sp³-hybridized carbons (Fsp3) is 0.130. The third-order valence-electron chi connectivity index (χ3n) is 5.34. The molecule has 162 valence electrons. The molecule has 1 saturated heterocycles. The number of rotatable bonds is 4. The molecule has 0 bridgehead atoms. The average molecular weight is 516 g/mol. The number of ether oxygens (including phenoxy) is 2. The van der Waals surface area contributed by atoms with Crippen molar-refractivity contribution in [1.29, 1.82) is 0 Å². The minimum atomic E-state index is -1.10. The number of nitrogens with zero attached hydrogens (tertiary/aromatic N) is 1. The van der Waals surface area contributed by atoms with Gasteiger partial charge in [-0.25, -0.2) is 4.39 Å². The Bertz CT molecular complexity index is 1270. The minimum Gasteiger partial charge on any atom is -0.507 e. The third kappa shape index (κ3) is 3.47. The van der Waals surface area contributed by atoms with Crippen LogP contribution in [0.2, 0.25) is 0 Å². The van der Waals surface area contributed by atoms with Crippen molar-refractivity contribution in [3.63, 3.8) is 0 Å². The van der Waals surface area contributed by atoms with Crippen LogP contribution < -0.4 is 9.47 Å². The van der Waals surface area contributed by atoms with Crippen molar-refractivity contribution in [2.75, 3.05) is 6.79 Å². The van der Waals surface area contributed by atoms with Crippen molar-refractivity contribution >= 4 is 44.7 Å². The van der Waals surface area contributed by atoms with Gasteiger partial charge in [0, 0.05) is 20.5 Å². The zero-order chi connectivity index (χ0) is 22.4. The summed E-state index contributed by atoms with van der Waals surface area (Å²) >= 11 is 4.75. The Kier molecular flexibility index (Phi) is 5.22. The van der Waals surface area contributed by atoms with Gasteiger partial charge in [-0.05, 0) is 47.8 Å². The third-order valence-corrected chi connectivity index (χ3v) is 6.70. The van der Waals surface area contributed by atoms with Crippen LogP contribution in [0.4, 0.5) is 4.39 Å². The number of halogens is 2. The molecule has 2 aromatic carbocycles. The number of thiophene rings is 1. The number of amides is 1. The van der Waals surface area contributed by atoms with Crippen molar-refractivity contribution in [3.8, 4) is 11.5 Å². The Morgan fingerprint density at radius 2 is 1.97 bits per heavy atom. The van der Waals surface area contributed by atoms with E-state index >= 15 is 0 Å². The highest BCUT2D eigenvalue weighted by Gasteiger charge is 2.47. The number of likely N-dealkylation sites (tertiary alicyclic amines) is 1. The van der Waals surface area contributed by atoms with Crippen LogP contribution >= 0.6 is 27.3 Å². The first-order valence-electron chi connectivity index (χ1n) is 9.60. The van der Waals surface area contributed by atoms with E-state index in [4.69, 9.17) is 9.47 Å². The zero-order valence-electron chi connectivity index (χ0n) is 16.4. The van der Waals surface area contributed by atoms with Gasteiger partial charge in [0.05, 0.1) is 18.2 Å². The van der Waals surface area contributed by atoms with Crippen molar-refractivity contribution in [3.05, 3.63) is 85.8 Å². The first-order valence-corrected chi connectivity index (χ1v) is 11.3. The maximum atomic E-state index is 14.9. The van der Waals surface area contributed by atoms with E-state index in [2.05, 4.69) is 15.9 Å². The molecule has 3 heterocycles. The predicted octanol–water partition coefficient (Wildman–Crippen LogP) is 5.00. The SMILES string of the molecule is O=C1C(=O)N(Cc2cccs2)C(c2cc(Br)ccc2F)/C1=C(\O)c1ccc2c(c1)OCO2. The van der Waals surface area contributed by atoms with E-state index in [1.807, 2.05) is 17.5 Å². The highest BCUT2D eigenvalue weighted by atomic mass is 79.9. The molecule has 2 aliphatic rings. The molecule has 6 nitrogen and oxygen atoms in total. The van der Waals surface area contributed by atoms with Gasteiger partial charge in [0.2, 0.25) is 6.79 Å². The average Bonchev–Trinajstić information content (AvgIpc) is 3.52. The lowest BCUT2D eigenvalue weighted by molar-refractivity contribution is -0.140. The van der Waals surface area contributed by atoms with Gasteiger partial charge in [0.1, 0.15) is 11.6 Å². The van der Waals surface area contributed by atoms with Gasteiger partial charge in [-0.1, -0.05) is 22.0 Å². The van der Waals surface area contributed by atoms with Crippen molar-refractivity contribution in [2.45, 2.75) is 12.6 Å². The largest absolute Gasteiger partial charge is 0.507 e. The molecule has 5 rings (SSSR count). The lowest BCUT2D eigenvalue weighted by Gasteiger charge is -2.25. The lowest BCUT2D eigenvalue weighted by atomic mass is 9.94. The molecule has 3 aromatic rings. The molecule has 1 amide bonds. The summed E-state index contributed by atoms with van der Waals surface area (Å²) in [5, 5.41) is 13.0. The van der Waals surface area contributed by atoms with E-state index < -0.39 is 29.3 Å². The summed E-state index contributed by atoms with van der Waals surface area (Å²) < 4.78 is 26.2. The molecule has 32 heavy (non-hydrogen) atoms. The van der Waals surface area contributed by atoms with Crippen LogP contribution in [0.1, 0.15) is 22.0 Å². The molecule has 0 aliphatic carbocycles. The molecule has 1 atom stereocenters. The second-order valence-electron chi connectivity index (χ2n) is 7.24. The Balaban J connectivity index is 1.68. The molecule has 9 heteroatoms. The number of aliphatic hydroxyl groups is 1. The van der Waals surface area contributed by atoms with Gasteiger partial charge in [-0.15, -0.1) is 11.3 Å². The van der Waals surface area contributed by atoms with Crippen molar-refractivity contribution in [2.24, 2.45) is 0 Å². The highest BCUT2D eigenvalue weighted by molar-refractivity contribution is 9.10. The molecule has 1 unspecified atom stereocenters. The van der Waals surface area contributed by atoms with E-state index in [0.29, 0.717) is 16.0 Å². The normalized spacial score (nSPS) is 19.1. The van der Waals surface area contributed by atoms with E-state index in [9.17, 15) is 19.1 Å². The van der Waals surface area contributed by atoms with Crippen LogP contribution in [-0.4, -0.2) is 28.5 Å². The molecule has 1 N–H and O–H groups in total. The number of fused-ring (bicyclic) bond motifs is 1. The maximum Gasteiger partial charge on any atom is 0.295 e. The maximum absolute atomic E-state index is 14.9. The Hall–Kier alpha value is -3.17. The standard InChI is InChI=1S/C23H15BrFNO5S/c24-13-4-5-16(25)15(9-13)20-19(21(27)12-3-6-17-18(8-12)31-11-30-17)22(28)23(29)26(20)10-14-2-1-7-32-14/h1-9,20,27H,10-11H2/b21-19+. The van der Waals surface area contributed by atoms with Crippen molar-refractivity contribution in [1.82, 2.24) is 4.90 Å². The van der Waals surface area contributed by atoms with Crippen LogP contribution in [0.15, 0.2) is 64.0 Å². The second kappa shape index (κ2) is 8.07.